The molecule has 1 heterocycles. The monoisotopic (exact) mass is 637 g/mol. The Kier molecular flexibility index (Phi) is 7.33. The molecule has 0 radical (unpaired) electrons. The second kappa shape index (κ2) is 12.3. The average Bonchev–Trinajstić information content (AvgIpc) is 3.17. The molecule has 0 bridgehead atoms. The summed E-state index contributed by atoms with van der Waals surface area (Å²) in [4.78, 5) is 5.10. The fourth-order valence-electron chi connectivity index (χ4n) is 7.91. The normalized spacial score (nSPS) is 11.4. The number of aryl methyl sites for hydroxylation is 2. The van der Waals surface area contributed by atoms with Crippen molar-refractivity contribution in [3.05, 3.63) is 187 Å². The molecule has 8 aromatic carbocycles. The van der Waals surface area contributed by atoms with Gasteiger partial charge in [0.25, 0.3) is 0 Å². The molecule has 0 saturated heterocycles. The summed E-state index contributed by atoms with van der Waals surface area (Å²) in [5.41, 5.74) is 14.3. The van der Waals surface area contributed by atoms with Crippen LogP contribution in [0, 0.1) is 13.8 Å². The van der Waals surface area contributed by atoms with Crippen molar-refractivity contribution in [2.24, 2.45) is 0 Å². The first-order valence-corrected chi connectivity index (χ1v) is 17.3. The van der Waals surface area contributed by atoms with Crippen LogP contribution in [0.1, 0.15) is 11.1 Å². The number of fused-ring (bicyclic) bond motifs is 3. The minimum Gasteiger partial charge on any atom is -0.248 e. The summed E-state index contributed by atoms with van der Waals surface area (Å²) in [6, 6.07) is 63.6. The van der Waals surface area contributed by atoms with E-state index in [0.29, 0.717) is 0 Å². The van der Waals surface area contributed by atoms with E-state index in [2.05, 4.69) is 184 Å². The lowest BCUT2D eigenvalue weighted by atomic mass is 9.83. The van der Waals surface area contributed by atoms with E-state index in [4.69, 9.17) is 4.98 Å². The molecule has 0 amide bonds. The van der Waals surface area contributed by atoms with Crippen LogP contribution in [0.5, 0.6) is 0 Å². The zero-order valence-corrected chi connectivity index (χ0v) is 28.2. The molecule has 0 unspecified atom stereocenters. The number of nitrogens with zero attached hydrogens (tertiary/aromatic N) is 1. The van der Waals surface area contributed by atoms with E-state index in [1.165, 1.54) is 76.8 Å². The number of benzene rings is 8. The van der Waals surface area contributed by atoms with E-state index in [-0.39, 0.29) is 0 Å². The van der Waals surface area contributed by atoms with Crippen LogP contribution in [-0.2, 0) is 0 Å². The van der Waals surface area contributed by atoms with E-state index in [1.807, 2.05) is 6.07 Å². The van der Waals surface area contributed by atoms with Crippen molar-refractivity contribution in [3.8, 4) is 55.9 Å². The molecule has 0 aliphatic heterocycles. The van der Waals surface area contributed by atoms with Crippen LogP contribution >= 0.6 is 0 Å². The van der Waals surface area contributed by atoms with Crippen molar-refractivity contribution < 1.29 is 0 Å². The van der Waals surface area contributed by atoms with E-state index in [9.17, 15) is 0 Å². The molecule has 236 valence electrons. The maximum absolute atomic E-state index is 5.10. The van der Waals surface area contributed by atoms with Crippen molar-refractivity contribution in [1.29, 1.82) is 0 Å². The Labute approximate surface area is 293 Å². The van der Waals surface area contributed by atoms with Crippen LogP contribution in [0.15, 0.2) is 176 Å². The molecule has 9 aromatic rings. The summed E-state index contributed by atoms with van der Waals surface area (Å²) in [7, 11) is 0. The first-order chi connectivity index (χ1) is 24.7. The molecule has 0 aliphatic carbocycles. The molecule has 50 heavy (non-hydrogen) atoms. The van der Waals surface area contributed by atoms with Gasteiger partial charge in [0.05, 0.1) is 11.4 Å². The van der Waals surface area contributed by atoms with E-state index in [1.54, 1.807) is 0 Å². The van der Waals surface area contributed by atoms with Crippen LogP contribution in [0.3, 0.4) is 0 Å². The number of hydrogen-bond acceptors (Lipinski definition) is 1. The highest BCUT2D eigenvalue weighted by Crippen LogP contribution is 2.46. The molecule has 0 fully saturated rings. The Balaban J connectivity index is 1.27. The van der Waals surface area contributed by atoms with Gasteiger partial charge in [0, 0.05) is 11.1 Å². The second-order valence-corrected chi connectivity index (χ2v) is 13.2. The highest BCUT2D eigenvalue weighted by atomic mass is 14.7. The van der Waals surface area contributed by atoms with Crippen molar-refractivity contribution in [2.45, 2.75) is 13.8 Å². The van der Waals surface area contributed by atoms with E-state index in [0.717, 1.165) is 22.5 Å². The van der Waals surface area contributed by atoms with Gasteiger partial charge in [-0.3, -0.25) is 0 Å². The summed E-state index contributed by atoms with van der Waals surface area (Å²) >= 11 is 0. The largest absolute Gasteiger partial charge is 0.248 e. The van der Waals surface area contributed by atoms with Crippen molar-refractivity contribution in [2.75, 3.05) is 0 Å². The molecule has 9 rings (SSSR count). The summed E-state index contributed by atoms with van der Waals surface area (Å²) in [5.74, 6) is 0. The zero-order chi connectivity index (χ0) is 33.6. The lowest BCUT2D eigenvalue weighted by Crippen LogP contribution is -1.93. The maximum Gasteiger partial charge on any atom is 0.0709 e. The third kappa shape index (κ3) is 4.98. The second-order valence-electron chi connectivity index (χ2n) is 13.2. The van der Waals surface area contributed by atoms with Gasteiger partial charge in [-0.2, -0.15) is 0 Å². The molecule has 0 spiro atoms. The average molecular weight is 638 g/mol. The number of hydrogen-bond donors (Lipinski definition) is 0. The van der Waals surface area contributed by atoms with Gasteiger partial charge >= 0.3 is 0 Å². The highest BCUT2D eigenvalue weighted by Gasteiger charge is 2.19. The Hall–Kier alpha value is -6.31. The number of rotatable bonds is 5. The molecule has 1 nitrogen and oxygen atoms in total. The molecular weight excluding hydrogens is 603 g/mol. The molecule has 0 aliphatic rings. The smallest absolute Gasteiger partial charge is 0.0709 e. The summed E-state index contributed by atoms with van der Waals surface area (Å²) in [5, 5.41) is 7.53. The summed E-state index contributed by atoms with van der Waals surface area (Å²) in [6.45, 7) is 4.44. The maximum atomic E-state index is 5.10. The molecular formula is C49H35N. The number of aromatic nitrogens is 1. The van der Waals surface area contributed by atoms with Crippen LogP contribution in [0.2, 0.25) is 0 Å². The quantitative estimate of drug-likeness (QED) is 0.171. The third-order valence-corrected chi connectivity index (χ3v) is 10.1. The Morgan fingerprint density at radius 2 is 0.720 bits per heavy atom. The van der Waals surface area contributed by atoms with Crippen LogP contribution < -0.4 is 0 Å². The Bertz CT molecular complexity index is 2640. The van der Waals surface area contributed by atoms with Gasteiger partial charge in [-0.15, -0.1) is 0 Å². The van der Waals surface area contributed by atoms with Gasteiger partial charge in [-0.05, 0) is 109 Å². The summed E-state index contributed by atoms with van der Waals surface area (Å²) < 4.78 is 0. The zero-order valence-electron chi connectivity index (χ0n) is 28.2. The van der Waals surface area contributed by atoms with Gasteiger partial charge in [-0.1, -0.05) is 158 Å². The minimum absolute atomic E-state index is 0.967. The predicted octanol–water partition coefficient (Wildman–Crippen LogP) is 13.5. The van der Waals surface area contributed by atoms with Gasteiger partial charge in [0.15, 0.2) is 0 Å². The van der Waals surface area contributed by atoms with Gasteiger partial charge in [-0.25, -0.2) is 4.98 Å². The molecule has 1 aromatic heterocycles. The van der Waals surface area contributed by atoms with Gasteiger partial charge in [0.2, 0.25) is 0 Å². The molecule has 1 heteroatoms. The van der Waals surface area contributed by atoms with Crippen molar-refractivity contribution >= 4 is 32.3 Å². The fraction of sp³-hybridized carbons (Fsp3) is 0.0408. The minimum atomic E-state index is 0.967. The molecule has 0 atom stereocenters. The van der Waals surface area contributed by atoms with Crippen LogP contribution in [0.4, 0.5) is 0 Å². The van der Waals surface area contributed by atoms with Crippen molar-refractivity contribution in [1.82, 2.24) is 4.98 Å². The first kappa shape index (κ1) is 29.8. The first-order valence-electron chi connectivity index (χ1n) is 17.3. The Morgan fingerprint density at radius 1 is 0.300 bits per heavy atom. The van der Waals surface area contributed by atoms with Gasteiger partial charge < -0.3 is 0 Å². The Morgan fingerprint density at radius 3 is 1.34 bits per heavy atom. The van der Waals surface area contributed by atoms with Crippen molar-refractivity contribution in [3.63, 3.8) is 0 Å². The topological polar surface area (TPSA) is 12.9 Å². The predicted molar refractivity (Wildman–Crippen MR) is 213 cm³/mol. The number of pyridine rings is 1. The highest BCUT2D eigenvalue weighted by molar-refractivity contribution is 6.24. The van der Waals surface area contributed by atoms with Gasteiger partial charge in [0.1, 0.15) is 0 Å². The SMILES string of the molecule is Cc1cccc(C)c1-c1cccc2c(-c3c4ccccc4c(-c4cccc(-c5cccc(-c6ccccc6)n5)c4)c4ccccc34)cccc12. The fourth-order valence-corrected chi connectivity index (χ4v) is 7.91. The third-order valence-electron chi connectivity index (χ3n) is 10.1. The molecule has 0 N–H and O–H groups in total. The molecule has 0 saturated carbocycles. The lowest BCUT2D eigenvalue weighted by molar-refractivity contribution is 1.32. The van der Waals surface area contributed by atoms with E-state index >= 15 is 0 Å². The lowest BCUT2D eigenvalue weighted by Gasteiger charge is -2.20. The standard InChI is InChI=1S/C49H35N/c1-32-15-10-16-33(2)47(32)39-27-12-26-38-37(39)25-13-28-40(38)49-43-23-8-6-21-41(43)48(42-22-7-9-24-44(42)49)36-20-11-19-35(31-36)46-30-14-29-45(50-46)34-17-4-3-5-18-34/h3-31H,1-2H3. The van der Waals surface area contributed by atoms with Crippen LogP contribution in [0.25, 0.3) is 88.2 Å². The van der Waals surface area contributed by atoms with Crippen LogP contribution in [-0.4, -0.2) is 4.98 Å². The van der Waals surface area contributed by atoms with E-state index < -0.39 is 0 Å². The summed E-state index contributed by atoms with van der Waals surface area (Å²) in [6.07, 6.45) is 0.